The molecule has 0 aromatic rings. The van der Waals surface area contributed by atoms with E-state index in [1.165, 1.54) is 0 Å². The molecule has 10 heavy (non-hydrogen) atoms. The highest BCUT2D eigenvalue weighted by Crippen LogP contribution is 1.96. The van der Waals surface area contributed by atoms with Crippen LogP contribution in [0, 0.1) is 0 Å². The summed E-state index contributed by atoms with van der Waals surface area (Å²) in [6, 6.07) is 0. The first-order valence-corrected chi connectivity index (χ1v) is 2.91. The van der Waals surface area contributed by atoms with Gasteiger partial charge in [0, 0.05) is 0 Å². The van der Waals surface area contributed by atoms with Crippen molar-refractivity contribution in [2.45, 2.75) is 13.3 Å². The van der Waals surface area contributed by atoms with Crippen LogP contribution in [0.1, 0.15) is 13.3 Å². The van der Waals surface area contributed by atoms with E-state index in [0.29, 0.717) is 12.2 Å². The van der Waals surface area contributed by atoms with Crippen LogP contribution in [-0.4, -0.2) is 6.09 Å². The summed E-state index contributed by atoms with van der Waals surface area (Å²) in [6.07, 6.45) is 3.32. The average molecular weight is 141 g/mol. The van der Waals surface area contributed by atoms with Crippen LogP contribution in [0.2, 0.25) is 0 Å². The number of hydrogen-bond donors (Lipinski definition) is 1. The Kier molecular flexibility index (Phi) is 4.04. The number of carbonyl (C=O) groups excluding carboxylic acids is 1. The van der Waals surface area contributed by atoms with Gasteiger partial charge in [-0.1, -0.05) is 6.08 Å². The van der Waals surface area contributed by atoms with Gasteiger partial charge in [-0.3, -0.25) is 0 Å². The summed E-state index contributed by atoms with van der Waals surface area (Å²) >= 11 is 0. The number of carbonyl (C=O) groups is 1. The minimum atomic E-state index is -0.780. The van der Waals surface area contributed by atoms with Crippen molar-refractivity contribution in [3.05, 3.63) is 24.5 Å². The zero-order chi connectivity index (χ0) is 7.98. The van der Waals surface area contributed by atoms with Crippen LogP contribution in [0.3, 0.4) is 0 Å². The second-order valence-electron chi connectivity index (χ2n) is 1.76. The molecule has 0 atom stereocenters. The van der Waals surface area contributed by atoms with E-state index in [-0.39, 0.29) is 0 Å². The Morgan fingerprint density at radius 3 is 2.80 bits per heavy atom. The van der Waals surface area contributed by atoms with Crippen molar-refractivity contribution >= 4 is 6.09 Å². The molecule has 0 saturated carbocycles. The third-order valence-corrected chi connectivity index (χ3v) is 0.834. The molecule has 3 heteroatoms. The van der Waals surface area contributed by atoms with Gasteiger partial charge in [0.05, 0.1) is 0 Å². The lowest BCUT2D eigenvalue weighted by Gasteiger charge is -1.97. The van der Waals surface area contributed by atoms with Gasteiger partial charge in [0.1, 0.15) is 5.76 Å². The fourth-order valence-corrected chi connectivity index (χ4v) is 0.450. The summed E-state index contributed by atoms with van der Waals surface area (Å²) in [5, 5.41) is 0. The second kappa shape index (κ2) is 4.61. The Labute approximate surface area is 60.2 Å². The number of primary amides is 1. The predicted molar refractivity (Wildman–Crippen MR) is 39.2 cm³/mol. The highest BCUT2D eigenvalue weighted by molar-refractivity contribution is 5.65. The molecule has 0 aliphatic heterocycles. The molecule has 0 aliphatic carbocycles. The summed E-state index contributed by atoms with van der Waals surface area (Å²) in [4.78, 5) is 10.1. The van der Waals surface area contributed by atoms with E-state index < -0.39 is 6.09 Å². The van der Waals surface area contributed by atoms with Crippen LogP contribution in [-0.2, 0) is 4.74 Å². The van der Waals surface area contributed by atoms with Crippen molar-refractivity contribution in [1.82, 2.24) is 0 Å². The Morgan fingerprint density at radius 2 is 2.40 bits per heavy atom. The minimum Gasteiger partial charge on any atom is -0.416 e. The van der Waals surface area contributed by atoms with Gasteiger partial charge in [0.25, 0.3) is 0 Å². The van der Waals surface area contributed by atoms with E-state index in [2.05, 4.69) is 11.3 Å². The average Bonchev–Trinajstić information content (AvgIpc) is 1.82. The maximum Gasteiger partial charge on any atom is 0.409 e. The van der Waals surface area contributed by atoms with Crippen LogP contribution < -0.4 is 5.73 Å². The highest BCUT2D eigenvalue weighted by Gasteiger charge is 1.92. The van der Waals surface area contributed by atoms with E-state index in [9.17, 15) is 4.79 Å². The van der Waals surface area contributed by atoms with E-state index in [4.69, 9.17) is 5.73 Å². The van der Waals surface area contributed by atoms with Crippen molar-refractivity contribution in [3.63, 3.8) is 0 Å². The fourth-order valence-electron chi connectivity index (χ4n) is 0.450. The summed E-state index contributed by atoms with van der Waals surface area (Å²) in [7, 11) is 0. The standard InChI is InChI=1S/C7H11NO2/c1-3-4-5-6(2)10-7(8)9/h3,5H,1,4H2,2H3,(H2,8,9). The number of nitrogens with two attached hydrogens (primary N) is 1. The lowest BCUT2D eigenvalue weighted by molar-refractivity contribution is 0.187. The van der Waals surface area contributed by atoms with Crippen molar-refractivity contribution in [2.24, 2.45) is 5.73 Å². The number of rotatable bonds is 3. The maximum absolute atomic E-state index is 10.1. The van der Waals surface area contributed by atoms with E-state index in [1.54, 1.807) is 19.1 Å². The number of ether oxygens (including phenoxy) is 1. The lowest BCUT2D eigenvalue weighted by atomic mass is 10.3. The zero-order valence-corrected chi connectivity index (χ0v) is 5.96. The second-order valence-corrected chi connectivity index (χ2v) is 1.76. The Hall–Kier alpha value is -1.25. The molecular weight excluding hydrogens is 130 g/mol. The van der Waals surface area contributed by atoms with Crippen molar-refractivity contribution in [3.8, 4) is 0 Å². The largest absolute Gasteiger partial charge is 0.416 e. The highest BCUT2D eigenvalue weighted by atomic mass is 16.5. The van der Waals surface area contributed by atoms with Gasteiger partial charge in [-0.15, -0.1) is 6.58 Å². The molecule has 0 radical (unpaired) electrons. The van der Waals surface area contributed by atoms with Gasteiger partial charge in [-0.2, -0.15) is 0 Å². The molecule has 0 aromatic heterocycles. The van der Waals surface area contributed by atoms with E-state index >= 15 is 0 Å². The maximum atomic E-state index is 10.1. The van der Waals surface area contributed by atoms with Crippen LogP contribution in [0.5, 0.6) is 0 Å². The molecule has 0 spiro atoms. The predicted octanol–water partition coefficient (Wildman–Crippen LogP) is 1.56. The third-order valence-electron chi connectivity index (χ3n) is 0.834. The van der Waals surface area contributed by atoms with E-state index in [1.807, 2.05) is 0 Å². The van der Waals surface area contributed by atoms with E-state index in [0.717, 1.165) is 0 Å². The van der Waals surface area contributed by atoms with Gasteiger partial charge in [-0.05, 0) is 19.4 Å². The molecular formula is C7H11NO2. The molecule has 0 unspecified atom stereocenters. The van der Waals surface area contributed by atoms with Crippen molar-refractivity contribution in [2.75, 3.05) is 0 Å². The first-order chi connectivity index (χ1) is 4.66. The molecule has 0 aromatic carbocycles. The van der Waals surface area contributed by atoms with Gasteiger partial charge >= 0.3 is 6.09 Å². The van der Waals surface area contributed by atoms with Crippen molar-refractivity contribution in [1.29, 1.82) is 0 Å². The van der Waals surface area contributed by atoms with Crippen LogP contribution in [0.25, 0.3) is 0 Å². The third kappa shape index (κ3) is 4.90. The number of hydrogen-bond acceptors (Lipinski definition) is 2. The molecule has 0 heterocycles. The summed E-state index contributed by atoms with van der Waals surface area (Å²) in [5.74, 6) is 0.507. The van der Waals surface area contributed by atoms with Crippen LogP contribution in [0.15, 0.2) is 24.5 Å². The first-order valence-electron chi connectivity index (χ1n) is 2.91. The van der Waals surface area contributed by atoms with Gasteiger partial charge in [0.2, 0.25) is 0 Å². The van der Waals surface area contributed by atoms with Crippen LogP contribution >= 0.6 is 0 Å². The lowest BCUT2D eigenvalue weighted by Crippen LogP contribution is -2.11. The minimum absolute atomic E-state index is 0.507. The quantitative estimate of drug-likeness (QED) is 0.479. The molecule has 2 N–H and O–H groups in total. The summed E-state index contributed by atoms with van der Waals surface area (Å²) < 4.78 is 4.50. The SMILES string of the molecule is C=CCC=C(C)OC(N)=O. The smallest absolute Gasteiger partial charge is 0.409 e. The number of allylic oxidation sites excluding steroid dienone is 3. The molecule has 0 fully saturated rings. The summed E-state index contributed by atoms with van der Waals surface area (Å²) in [5.41, 5.74) is 4.74. The molecule has 3 nitrogen and oxygen atoms in total. The molecule has 0 aliphatic rings. The molecule has 0 rings (SSSR count). The first kappa shape index (κ1) is 8.75. The number of amides is 1. The zero-order valence-electron chi connectivity index (χ0n) is 5.96. The Balaban J connectivity index is 3.70. The normalized spacial score (nSPS) is 10.7. The Morgan fingerprint density at radius 1 is 1.80 bits per heavy atom. The Bertz CT molecular complexity index is 161. The molecule has 1 amide bonds. The fraction of sp³-hybridized carbons (Fsp3) is 0.286. The van der Waals surface area contributed by atoms with Gasteiger partial charge < -0.3 is 10.5 Å². The topological polar surface area (TPSA) is 52.3 Å². The molecule has 0 bridgehead atoms. The monoisotopic (exact) mass is 141 g/mol. The van der Waals surface area contributed by atoms with Gasteiger partial charge in [-0.25, -0.2) is 4.79 Å². The van der Waals surface area contributed by atoms with Gasteiger partial charge in [0.15, 0.2) is 0 Å². The molecule has 0 saturated heterocycles. The van der Waals surface area contributed by atoms with Crippen LogP contribution in [0.4, 0.5) is 4.79 Å². The summed E-state index contributed by atoms with van der Waals surface area (Å²) in [6.45, 7) is 5.16. The van der Waals surface area contributed by atoms with Crippen molar-refractivity contribution < 1.29 is 9.53 Å². The molecule has 56 valence electrons.